The average molecular weight is 470 g/mol. The predicted octanol–water partition coefficient (Wildman–Crippen LogP) is 5.20. The molecule has 0 unspecified atom stereocenters. The van der Waals surface area contributed by atoms with Crippen molar-refractivity contribution in [3.8, 4) is 0 Å². The second-order valence-electron chi connectivity index (χ2n) is 7.76. The van der Waals surface area contributed by atoms with Crippen LogP contribution < -0.4 is 10.6 Å². The molecule has 2 N–H and O–H groups in total. The second-order valence-corrected chi connectivity index (χ2v) is 7.76. The third-order valence-corrected chi connectivity index (χ3v) is 5.22. The maximum Gasteiger partial charge on any atom is 0.418 e. The molecule has 2 amide bonds. The zero-order valence-electron chi connectivity index (χ0n) is 18.7. The largest absolute Gasteiger partial charge is 0.418 e. The van der Waals surface area contributed by atoms with Crippen molar-refractivity contribution in [2.45, 2.75) is 19.5 Å². The smallest absolute Gasteiger partial charge is 0.325 e. The van der Waals surface area contributed by atoms with E-state index >= 15 is 0 Å². The van der Waals surface area contributed by atoms with E-state index in [1.807, 2.05) is 54.6 Å². The summed E-state index contributed by atoms with van der Waals surface area (Å²) in [5, 5.41) is 5.20. The second kappa shape index (κ2) is 11.5. The molecule has 0 atom stereocenters. The minimum absolute atomic E-state index is 0.0789. The van der Waals surface area contributed by atoms with Gasteiger partial charge in [0, 0.05) is 5.69 Å². The molecule has 0 heterocycles. The van der Waals surface area contributed by atoms with Crippen LogP contribution in [0.1, 0.15) is 23.6 Å². The fraction of sp³-hybridized carbons (Fsp3) is 0.231. The quantitative estimate of drug-likeness (QED) is 0.453. The predicted molar refractivity (Wildman–Crippen MR) is 127 cm³/mol. The summed E-state index contributed by atoms with van der Waals surface area (Å²) in [6.07, 6.45) is -3.93. The lowest BCUT2D eigenvalue weighted by Gasteiger charge is -2.21. The standard InChI is InChI=1S/C26H26F3N3O2/c1-2-32(18-25(34)31-23-15-9-7-13-21(23)26(27,28)29)17-24(33)30-22-14-8-6-12-20(22)16-19-10-4-3-5-11-19/h3-15H,2,16-18H2,1H3,(H,30,33)(H,31,34). The molecule has 0 saturated heterocycles. The Labute approximate surface area is 196 Å². The van der Waals surface area contributed by atoms with E-state index in [9.17, 15) is 22.8 Å². The van der Waals surface area contributed by atoms with Gasteiger partial charge >= 0.3 is 6.18 Å². The molecule has 3 aromatic rings. The van der Waals surface area contributed by atoms with Crippen molar-refractivity contribution in [2.24, 2.45) is 0 Å². The number of likely N-dealkylation sites (N-methyl/N-ethyl adjacent to an activating group) is 1. The van der Waals surface area contributed by atoms with Gasteiger partial charge in [0.05, 0.1) is 24.3 Å². The van der Waals surface area contributed by atoms with Crippen LogP contribution in [0.5, 0.6) is 0 Å². The van der Waals surface area contributed by atoms with Crippen LogP contribution in [-0.2, 0) is 22.2 Å². The Balaban J connectivity index is 1.60. The summed E-state index contributed by atoms with van der Waals surface area (Å²) < 4.78 is 39.5. The zero-order valence-corrected chi connectivity index (χ0v) is 18.7. The van der Waals surface area contributed by atoms with E-state index in [1.165, 1.54) is 18.2 Å². The Morgan fingerprint density at radius 1 is 0.765 bits per heavy atom. The highest BCUT2D eigenvalue weighted by Gasteiger charge is 2.33. The van der Waals surface area contributed by atoms with Crippen LogP contribution >= 0.6 is 0 Å². The molecular weight excluding hydrogens is 443 g/mol. The highest BCUT2D eigenvalue weighted by Crippen LogP contribution is 2.34. The summed E-state index contributed by atoms with van der Waals surface area (Å²) in [4.78, 5) is 26.6. The van der Waals surface area contributed by atoms with E-state index < -0.39 is 17.6 Å². The van der Waals surface area contributed by atoms with Crippen molar-refractivity contribution >= 4 is 23.2 Å². The normalized spacial score (nSPS) is 11.3. The average Bonchev–Trinajstić information content (AvgIpc) is 2.80. The molecule has 34 heavy (non-hydrogen) atoms. The number of para-hydroxylation sites is 2. The van der Waals surface area contributed by atoms with Crippen LogP contribution in [0.25, 0.3) is 0 Å². The summed E-state index contributed by atoms with van der Waals surface area (Å²) in [6.45, 7) is 1.84. The molecule has 178 valence electrons. The molecular formula is C26H26F3N3O2. The maximum absolute atomic E-state index is 13.2. The lowest BCUT2D eigenvalue weighted by atomic mass is 10.0. The molecule has 0 aliphatic heterocycles. The van der Waals surface area contributed by atoms with E-state index in [0.29, 0.717) is 18.7 Å². The molecule has 0 saturated carbocycles. The topological polar surface area (TPSA) is 61.4 Å². The Bertz CT molecular complexity index is 1120. The number of benzene rings is 3. The van der Waals surface area contributed by atoms with Crippen LogP contribution in [0.4, 0.5) is 24.5 Å². The van der Waals surface area contributed by atoms with Gasteiger partial charge < -0.3 is 10.6 Å². The van der Waals surface area contributed by atoms with Crippen LogP contribution in [0.2, 0.25) is 0 Å². The number of alkyl halides is 3. The fourth-order valence-electron chi connectivity index (χ4n) is 3.52. The third-order valence-electron chi connectivity index (χ3n) is 5.22. The van der Waals surface area contributed by atoms with Crippen molar-refractivity contribution in [1.82, 2.24) is 4.90 Å². The number of amides is 2. The monoisotopic (exact) mass is 469 g/mol. The summed E-state index contributed by atoms with van der Waals surface area (Å²) in [5.41, 5.74) is 1.51. The lowest BCUT2D eigenvalue weighted by Crippen LogP contribution is -2.39. The van der Waals surface area contributed by atoms with Crippen LogP contribution in [-0.4, -0.2) is 36.3 Å². The highest BCUT2D eigenvalue weighted by atomic mass is 19.4. The van der Waals surface area contributed by atoms with E-state index in [2.05, 4.69) is 10.6 Å². The van der Waals surface area contributed by atoms with Gasteiger partial charge in [0.1, 0.15) is 0 Å². The lowest BCUT2D eigenvalue weighted by molar-refractivity contribution is -0.137. The number of carbonyl (C=O) groups is 2. The molecule has 8 heteroatoms. The highest BCUT2D eigenvalue weighted by molar-refractivity contribution is 5.95. The first-order valence-electron chi connectivity index (χ1n) is 10.9. The summed E-state index contributed by atoms with van der Waals surface area (Å²) in [6, 6.07) is 22.1. The van der Waals surface area contributed by atoms with Crippen molar-refractivity contribution in [1.29, 1.82) is 0 Å². The first kappa shape index (κ1) is 25.0. The van der Waals surface area contributed by atoms with Crippen molar-refractivity contribution < 1.29 is 22.8 Å². The molecule has 0 radical (unpaired) electrons. The number of nitrogens with zero attached hydrogens (tertiary/aromatic N) is 1. The van der Waals surface area contributed by atoms with Gasteiger partial charge in [0.15, 0.2) is 0 Å². The van der Waals surface area contributed by atoms with Gasteiger partial charge in [-0.25, -0.2) is 0 Å². The van der Waals surface area contributed by atoms with Gasteiger partial charge in [-0.05, 0) is 42.3 Å². The van der Waals surface area contributed by atoms with Crippen LogP contribution in [0.15, 0.2) is 78.9 Å². The molecule has 0 fully saturated rings. The Hall–Kier alpha value is -3.65. The van der Waals surface area contributed by atoms with Crippen molar-refractivity contribution in [2.75, 3.05) is 30.3 Å². The molecule has 0 aliphatic rings. The van der Waals surface area contributed by atoms with Crippen LogP contribution in [0, 0.1) is 0 Å². The number of anilines is 2. The molecule has 3 rings (SSSR count). The first-order valence-corrected chi connectivity index (χ1v) is 10.9. The third kappa shape index (κ3) is 7.18. The van der Waals surface area contributed by atoms with Crippen LogP contribution in [0.3, 0.4) is 0 Å². The Morgan fingerprint density at radius 3 is 1.91 bits per heavy atom. The van der Waals surface area contributed by atoms with Gasteiger partial charge in [0.25, 0.3) is 0 Å². The van der Waals surface area contributed by atoms with E-state index in [-0.39, 0.29) is 24.7 Å². The Kier molecular flexibility index (Phi) is 8.43. The maximum atomic E-state index is 13.2. The number of nitrogens with one attached hydrogen (secondary N) is 2. The summed E-state index contributed by atoms with van der Waals surface area (Å²) in [7, 11) is 0. The molecule has 3 aromatic carbocycles. The Morgan fingerprint density at radius 2 is 1.29 bits per heavy atom. The van der Waals surface area contributed by atoms with E-state index in [4.69, 9.17) is 0 Å². The van der Waals surface area contributed by atoms with E-state index in [1.54, 1.807) is 11.8 Å². The van der Waals surface area contributed by atoms with Gasteiger partial charge in [0.2, 0.25) is 11.8 Å². The summed E-state index contributed by atoms with van der Waals surface area (Å²) >= 11 is 0. The van der Waals surface area contributed by atoms with Gasteiger partial charge in [-0.2, -0.15) is 13.2 Å². The number of carbonyl (C=O) groups excluding carboxylic acids is 2. The molecule has 0 aliphatic carbocycles. The number of hydrogen-bond acceptors (Lipinski definition) is 3. The molecule has 0 aromatic heterocycles. The fourth-order valence-corrected chi connectivity index (χ4v) is 3.52. The first-order chi connectivity index (χ1) is 16.3. The number of halogens is 3. The number of rotatable bonds is 9. The SMILES string of the molecule is CCN(CC(=O)Nc1ccccc1Cc1ccccc1)CC(=O)Nc1ccccc1C(F)(F)F. The van der Waals surface area contributed by atoms with E-state index in [0.717, 1.165) is 17.2 Å². The minimum atomic E-state index is -4.58. The zero-order chi connectivity index (χ0) is 24.6. The van der Waals surface area contributed by atoms with Gasteiger partial charge in [-0.15, -0.1) is 0 Å². The minimum Gasteiger partial charge on any atom is -0.325 e. The van der Waals surface area contributed by atoms with Gasteiger partial charge in [-0.3, -0.25) is 14.5 Å². The van der Waals surface area contributed by atoms with Crippen molar-refractivity contribution in [3.05, 3.63) is 95.6 Å². The molecule has 0 spiro atoms. The molecule has 0 bridgehead atoms. The summed E-state index contributed by atoms with van der Waals surface area (Å²) in [5.74, 6) is -0.943. The number of hydrogen-bond donors (Lipinski definition) is 2. The van der Waals surface area contributed by atoms with Gasteiger partial charge in [-0.1, -0.05) is 67.6 Å². The van der Waals surface area contributed by atoms with Crippen molar-refractivity contribution in [3.63, 3.8) is 0 Å². The molecule has 5 nitrogen and oxygen atoms in total.